The van der Waals surface area contributed by atoms with E-state index in [9.17, 15) is 23.3 Å². The van der Waals surface area contributed by atoms with Gasteiger partial charge in [-0.2, -0.15) is 8.78 Å². The molecule has 0 saturated heterocycles. The molecule has 0 atom stereocenters. The fraction of sp³-hybridized carbons (Fsp3) is 0.143. The first-order chi connectivity index (χ1) is 6.91. The van der Waals surface area contributed by atoms with Crippen LogP contribution in [0, 0.1) is 15.9 Å². The molecule has 0 amide bonds. The van der Waals surface area contributed by atoms with Crippen LogP contribution in [0.5, 0.6) is 5.75 Å². The van der Waals surface area contributed by atoms with Crippen LogP contribution in [-0.4, -0.2) is 11.5 Å². The van der Waals surface area contributed by atoms with Crippen LogP contribution in [-0.2, 0) is 0 Å². The Morgan fingerprint density at radius 1 is 1.47 bits per heavy atom. The SMILES string of the molecule is O=[N+]([O-])c1cc(F)c(Br)c(OC(F)F)c1. The van der Waals surface area contributed by atoms with Gasteiger partial charge in [0.05, 0.1) is 21.5 Å². The standard InChI is InChI=1S/C7H3BrF3NO3/c8-6-4(9)1-3(12(13)14)2-5(6)15-7(10)11/h1-2,7H. The molecule has 0 aliphatic carbocycles. The number of nitro benzene ring substituents is 1. The summed E-state index contributed by atoms with van der Waals surface area (Å²) >= 11 is 2.64. The number of hydrogen-bond acceptors (Lipinski definition) is 3. The molecule has 1 aromatic rings. The number of rotatable bonds is 3. The Balaban J connectivity index is 3.19. The predicted octanol–water partition coefficient (Wildman–Crippen LogP) is 3.10. The summed E-state index contributed by atoms with van der Waals surface area (Å²) in [6, 6.07) is 1.31. The first-order valence-corrected chi connectivity index (χ1v) is 4.29. The highest BCUT2D eigenvalue weighted by molar-refractivity contribution is 9.10. The van der Waals surface area contributed by atoms with Gasteiger partial charge in [0.1, 0.15) is 11.6 Å². The second-order valence-electron chi connectivity index (χ2n) is 2.38. The first kappa shape index (κ1) is 11.8. The molecule has 15 heavy (non-hydrogen) atoms. The van der Waals surface area contributed by atoms with Crippen molar-refractivity contribution in [3.8, 4) is 5.75 Å². The van der Waals surface area contributed by atoms with Crippen molar-refractivity contribution in [2.24, 2.45) is 0 Å². The molecule has 0 aromatic heterocycles. The number of nitrogens with zero attached hydrogens (tertiary/aromatic N) is 1. The summed E-state index contributed by atoms with van der Waals surface area (Å²) in [7, 11) is 0. The maximum absolute atomic E-state index is 13.0. The number of benzene rings is 1. The number of nitro groups is 1. The molecule has 0 saturated carbocycles. The molecular weight excluding hydrogens is 283 g/mol. The maximum atomic E-state index is 13.0. The van der Waals surface area contributed by atoms with Crippen molar-refractivity contribution in [2.75, 3.05) is 0 Å². The minimum Gasteiger partial charge on any atom is -0.433 e. The molecule has 0 N–H and O–H groups in total. The first-order valence-electron chi connectivity index (χ1n) is 3.50. The van der Waals surface area contributed by atoms with Crippen LogP contribution in [0.1, 0.15) is 0 Å². The van der Waals surface area contributed by atoms with Gasteiger partial charge in [-0.05, 0) is 15.9 Å². The van der Waals surface area contributed by atoms with E-state index in [0.29, 0.717) is 12.1 Å². The number of hydrogen-bond donors (Lipinski definition) is 0. The Hall–Kier alpha value is -1.31. The Labute approximate surface area is 89.9 Å². The normalized spacial score (nSPS) is 10.5. The summed E-state index contributed by atoms with van der Waals surface area (Å²) in [6.45, 7) is -3.18. The lowest BCUT2D eigenvalue weighted by molar-refractivity contribution is -0.385. The van der Waals surface area contributed by atoms with Crippen molar-refractivity contribution in [1.29, 1.82) is 0 Å². The van der Waals surface area contributed by atoms with Crippen molar-refractivity contribution in [3.63, 3.8) is 0 Å². The molecule has 0 fully saturated rings. The number of ether oxygens (including phenoxy) is 1. The molecule has 0 heterocycles. The third kappa shape index (κ3) is 2.82. The van der Waals surface area contributed by atoms with Gasteiger partial charge in [-0.25, -0.2) is 4.39 Å². The number of alkyl halides is 2. The van der Waals surface area contributed by atoms with Crippen LogP contribution in [0.15, 0.2) is 16.6 Å². The van der Waals surface area contributed by atoms with Gasteiger partial charge < -0.3 is 4.74 Å². The van der Waals surface area contributed by atoms with Gasteiger partial charge in [-0.3, -0.25) is 10.1 Å². The molecule has 0 bridgehead atoms. The second-order valence-corrected chi connectivity index (χ2v) is 3.17. The molecule has 0 aliphatic heterocycles. The summed E-state index contributed by atoms with van der Waals surface area (Å²) in [4.78, 5) is 9.37. The van der Waals surface area contributed by atoms with E-state index in [1.54, 1.807) is 0 Å². The van der Waals surface area contributed by atoms with E-state index in [0.717, 1.165) is 0 Å². The van der Waals surface area contributed by atoms with E-state index in [4.69, 9.17) is 0 Å². The largest absolute Gasteiger partial charge is 0.433 e. The fourth-order valence-corrected chi connectivity index (χ4v) is 1.16. The lowest BCUT2D eigenvalue weighted by Crippen LogP contribution is -2.04. The van der Waals surface area contributed by atoms with Crippen molar-refractivity contribution in [2.45, 2.75) is 6.61 Å². The third-order valence-corrected chi connectivity index (χ3v) is 2.18. The van der Waals surface area contributed by atoms with E-state index in [-0.39, 0.29) is 4.47 Å². The van der Waals surface area contributed by atoms with Gasteiger partial charge in [-0.1, -0.05) is 0 Å². The number of non-ortho nitro benzene ring substituents is 1. The Bertz CT molecular complexity index is 399. The van der Waals surface area contributed by atoms with Crippen molar-refractivity contribution in [1.82, 2.24) is 0 Å². The highest BCUT2D eigenvalue weighted by Crippen LogP contribution is 2.33. The third-order valence-electron chi connectivity index (χ3n) is 1.41. The van der Waals surface area contributed by atoms with Gasteiger partial charge in [-0.15, -0.1) is 0 Å². The molecule has 0 unspecified atom stereocenters. The zero-order valence-corrected chi connectivity index (χ0v) is 8.50. The molecule has 8 heteroatoms. The maximum Gasteiger partial charge on any atom is 0.387 e. The van der Waals surface area contributed by atoms with E-state index in [2.05, 4.69) is 20.7 Å². The molecule has 0 spiro atoms. The van der Waals surface area contributed by atoms with Gasteiger partial charge in [0.2, 0.25) is 0 Å². The highest BCUT2D eigenvalue weighted by atomic mass is 79.9. The number of halogens is 4. The average Bonchev–Trinajstić information content (AvgIpc) is 2.11. The minimum atomic E-state index is -3.18. The van der Waals surface area contributed by atoms with Gasteiger partial charge in [0, 0.05) is 0 Å². The van der Waals surface area contributed by atoms with Crippen molar-refractivity contribution >= 4 is 21.6 Å². The topological polar surface area (TPSA) is 52.4 Å². The van der Waals surface area contributed by atoms with Crippen LogP contribution in [0.25, 0.3) is 0 Å². The Morgan fingerprint density at radius 2 is 2.07 bits per heavy atom. The van der Waals surface area contributed by atoms with E-state index in [1.807, 2.05) is 0 Å². The summed E-state index contributed by atoms with van der Waals surface area (Å²) in [5.74, 6) is -1.66. The lowest BCUT2D eigenvalue weighted by atomic mass is 10.3. The van der Waals surface area contributed by atoms with E-state index >= 15 is 0 Å². The van der Waals surface area contributed by atoms with Crippen LogP contribution in [0.4, 0.5) is 18.9 Å². The van der Waals surface area contributed by atoms with Crippen LogP contribution in [0.3, 0.4) is 0 Å². The molecule has 4 nitrogen and oxygen atoms in total. The average molecular weight is 286 g/mol. The van der Waals surface area contributed by atoms with E-state index in [1.165, 1.54) is 0 Å². The Kier molecular flexibility index (Phi) is 3.51. The molecular formula is C7H3BrF3NO3. The summed E-state index contributed by atoms with van der Waals surface area (Å²) in [5.41, 5.74) is -0.661. The molecule has 1 aromatic carbocycles. The lowest BCUT2D eigenvalue weighted by Gasteiger charge is -2.06. The monoisotopic (exact) mass is 285 g/mol. The van der Waals surface area contributed by atoms with E-state index < -0.39 is 28.8 Å². The fourth-order valence-electron chi connectivity index (χ4n) is 0.837. The van der Waals surface area contributed by atoms with Gasteiger partial charge >= 0.3 is 6.61 Å². The highest BCUT2D eigenvalue weighted by Gasteiger charge is 2.18. The smallest absolute Gasteiger partial charge is 0.387 e. The Morgan fingerprint density at radius 3 is 2.53 bits per heavy atom. The summed E-state index contributed by atoms with van der Waals surface area (Å²) in [5, 5.41) is 10.3. The summed E-state index contributed by atoms with van der Waals surface area (Å²) < 4.78 is 40.1. The summed E-state index contributed by atoms with van der Waals surface area (Å²) in [6.07, 6.45) is 0. The van der Waals surface area contributed by atoms with Crippen molar-refractivity contribution in [3.05, 3.63) is 32.5 Å². The predicted molar refractivity (Wildman–Crippen MR) is 47.4 cm³/mol. The quantitative estimate of drug-likeness (QED) is 0.633. The molecule has 1 rings (SSSR count). The van der Waals surface area contributed by atoms with Crippen LogP contribution in [0.2, 0.25) is 0 Å². The van der Waals surface area contributed by atoms with Gasteiger partial charge in [0.15, 0.2) is 0 Å². The molecule has 0 aliphatic rings. The van der Waals surface area contributed by atoms with Crippen LogP contribution < -0.4 is 4.74 Å². The zero-order chi connectivity index (χ0) is 11.6. The van der Waals surface area contributed by atoms with Gasteiger partial charge in [0.25, 0.3) is 5.69 Å². The van der Waals surface area contributed by atoms with Crippen LogP contribution >= 0.6 is 15.9 Å². The second kappa shape index (κ2) is 4.47. The minimum absolute atomic E-state index is 0.381. The molecule has 82 valence electrons. The van der Waals surface area contributed by atoms with Crippen molar-refractivity contribution < 1.29 is 22.8 Å². The molecule has 0 radical (unpaired) electrons. The zero-order valence-electron chi connectivity index (χ0n) is 6.92.